The first-order valence-electron chi connectivity index (χ1n) is 8.43. The number of hydrogen-bond acceptors (Lipinski definition) is 7. The Hall–Kier alpha value is -3.99. The van der Waals surface area contributed by atoms with Crippen LogP contribution in [0.5, 0.6) is 0 Å². The number of nitriles is 1. The summed E-state index contributed by atoms with van der Waals surface area (Å²) in [6.45, 7) is 2.03. The molecule has 0 aliphatic heterocycles. The van der Waals surface area contributed by atoms with Crippen molar-refractivity contribution in [1.29, 1.82) is 5.26 Å². The van der Waals surface area contributed by atoms with E-state index in [4.69, 9.17) is 11.0 Å². The molecule has 0 unspecified atom stereocenters. The topological polar surface area (TPSA) is 118 Å². The molecule has 0 spiro atoms. The number of hydrogen-bond donors (Lipinski definition) is 2. The molecule has 27 heavy (non-hydrogen) atoms. The van der Waals surface area contributed by atoms with Crippen molar-refractivity contribution in [3.05, 3.63) is 59.9 Å². The molecule has 4 rings (SSSR count). The van der Waals surface area contributed by atoms with E-state index in [1.54, 1.807) is 24.3 Å². The first kappa shape index (κ1) is 16.5. The molecular weight excluding hydrogens is 340 g/mol. The third-order valence-electron chi connectivity index (χ3n) is 4.06. The summed E-state index contributed by atoms with van der Waals surface area (Å²) in [4.78, 5) is 17.6. The number of nitrogen functional groups attached to an aromatic ring is 1. The molecule has 0 saturated carbocycles. The normalized spacial score (nSPS) is 10.7. The molecule has 0 amide bonds. The van der Waals surface area contributed by atoms with Crippen LogP contribution in [0.1, 0.15) is 18.3 Å². The fraction of sp³-hybridized carbons (Fsp3) is 0.105. The summed E-state index contributed by atoms with van der Waals surface area (Å²) in [5.74, 6) is 1.67. The molecule has 0 saturated heterocycles. The minimum atomic E-state index is 0.107. The number of rotatable bonds is 4. The second-order valence-electron chi connectivity index (χ2n) is 5.84. The van der Waals surface area contributed by atoms with Crippen molar-refractivity contribution in [2.75, 3.05) is 11.1 Å². The van der Waals surface area contributed by atoms with Gasteiger partial charge in [-0.3, -0.25) is 4.57 Å². The monoisotopic (exact) mass is 356 g/mol. The SMILES string of the molecule is CCc1nc2ccccc2n1-c1nc(N)nc(Nc2ccc(C#N)cc2)n1. The van der Waals surface area contributed by atoms with Gasteiger partial charge >= 0.3 is 0 Å². The summed E-state index contributed by atoms with van der Waals surface area (Å²) in [7, 11) is 0. The average Bonchev–Trinajstić information content (AvgIpc) is 3.07. The number of aryl methyl sites for hydroxylation is 1. The maximum Gasteiger partial charge on any atom is 0.242 e. The number of anilines is 3. The number of para-hydroxylation sites is 2. The lowest BCUT2D eigenvalue weighted by Gasteiger charge is -2.10. The standard InChI is InChI=1S/C19H16N8/c1-2-16-23-14-5-3-4-6-15(14)27(16)19-25-17(21)24-18(26-19)22-13-9-7-12(11-20)8-10-13/h3-10H,2H2,1H3,(H3,21,22,24,25,26). The highest BCUT2D eigenvalue weighted by Gasteiger charge is 2.15. The van der Waals surface area contributed by atoms with Crippen LogP contribution < -0.4 is 11.1 Å². The van der Waals surface area contributed by atoms with Crippen LogP contribution in [0.25, 0.3) is 17.0 Å². The summed E-state index contributed by atoms with van der Waals surface area (Å²) in [6, 6.07) is 16.9. The predicted octanol–water partition coefficient (Wildman–Crippen LogP) is 2.97. The third-order valence-corrected chi connectivity index (χ3v) is 4.06. The van der Waals surface area contributed by atoms with Gasteiger partial charge in [-0.25, -0.2) is 4.98 Å². The van der Waals surface area contributed by atoms with Gasteiger partial charge in [0.2, 0.25) is 17.8 Å². The molecule has 3 N–H and O–H groups in total. The van der Waals surface area contributed by atoms with E-state index in [1.807, 2.05) is 35.8 Å². The molecule has 0 bridgehead atoms. The lowest BCUT2D eigenvalue weighted by Crippen LogP contribution is -2.11. The summed E-state index contributed by atoms with van der Waals surface area (Å²) < 4.78 is 1.89. The van der Waals surface area contributed by atoms with Crippen molar-refractivity contribution in [3.63, 3.8) is 0 Å². The number of nitrogens with zero attached hydrogens (tertiary/aromatic N) is 6. The number of benzene rings is 2. The zero-order valence-corrected chi connectivity index (χ0v) is 14.6. The van der Waals surface area contributed by atoms with E-state index in [0.717, 1.165) is 29.0 Å². The summed E-state index contributed by atoms with van der Waals surface area (Å²) in [5, 5.41) is 12.0. The molecule has 2 heterocycles. The highest BCUT2D eigenvalue weighted by atomic mass is 15.3. The van der Waals surface area contributed by atoms with E-state index >= 15 is 0 Å². The maximum atomic E-state index is 8.90. The Labute approximate surface area is 155 Å². The van der Waals surface area contributed by atoms with Gasteiger partial charge in [0.25, 0.3) is 0 Å². The van der Waals surface area contributed by atoms with Gasteiger partial charge in [-0.15, -0.1) is 0 Å². The second kappa shape index (κ2) is 6.72. The van der Waals surface area contributed by atoms with Gasteiger partial charge in [-0.1, -0.05) is 19.1 Å². The third kappa shape index (κ3) is 3.14. The Bertz CT molecular complexity index is 1150. The molecule has 132 valence electrons. The number of nitrogens with one attached hydrogen (secondary N) is 1. The van der Waals surface area contributed by atoms with Crippen LogP contribution in [0.3, 0.4) is 0 Å². The molecule has 0 radical (unpaired) electrons. The van der Waals surface area contributed by atoms with Gasteiger partial charge in [0, 0.05) is 12.1 Å². The first-order chi connectivity index (χ1) is 13.2. The van der Waals surface area contributed by atoms with Crippen LogP contribution in [-0.2, 0) is 6.42 Å². The van der Waals surface area contributed by atoms with Crippen molar-refractivity contribution in [3.8, 4) is 12.0 Å². The average molecular weight is 356 g/mol. The number of imidazole rings is 1. The van der Waals surface area contributed by atoms with E-state index < -0.39 is 0 Å². The van der Waals surface area contributed by atoms with Crippen LogP contribution in [0.2, 0.25) is 0 Å². The number of aromatic nitrogens is 5. The van der Waals surface area contributed by atoms with Crippen molar-refractivity contribution in [2.24, 2.45) is 0 Å². The van der Waals surface area contributed by atoms with Gasteiger partial charge in [-0.05, 0) is 36.4 Å². The Morgan fingerprint density at radius 1 is 1.04 bits per heavy atom. The van der Waals surface area contributed by atoms with Crippen LogP contribution in [-0.4, -0.2) is 24.5 Å². The molecule has 0 atom stereocenters. The molecule has 0 fully saturated rings. The zero-order valence-electron chi connectivity index (χ0n) is 14.6. The molecule has 2 aromatic heterocycles. The Morgan fingerprint density at radius 2 is 1.81 bits per heavy atom. The fourth-order valence-corrected chi connectivity index (χ4v) is 2.83. The minimum Gasteiger partial charge on any atom is -0.368 e. The van der Waals surface area contributed by atoms with E-state index in [-0.39, 0.29) is 5.95 Å². The zero-order chi connectivity index (χ0) is 18.8. The number of fused-ring (bicyclic) bond motifs is 1. The minimum absolute atomic E-state index is 0.107. The molecule has 8 nitrogen and oxygen atoms in total. The van der Waals surface area contributed by atoms with Crippen LogP contribution in [0.15, 0.2) is 48.5 Å². The fourth-order valence-electron chi connectivity index (χ4n) is 2.83. The van der Waals surface area contributed by atoms with Crippen LogP contribution in [0.4, 0.5) is 17.6 Å². The summed E-state index contributed by atoms with van der Waals surface area (Å²) >= 11 is 0. The highest BCUT2D eigenvalue weighted by Crippen LogP contribution is 2.22. The second-order valence-corrected chi connectivity index (χ2v) is 5.84. The molecule has 4 aromatic rings. The Kier molecular flexibility index (Phi) is 4.10. The molecule has 8 heteroatoms. The number of nitrogens with two attached hydrogens (primary N) is 1. The highest BCUT2D eigenvalue weighted by molar-refractivity contribution is 5.77. The maximum absolute atomic E-state index is 8.90. The van der Waals surface area contributed by atoms with E-state index in [2.05, 4.69) is 31.3 Å². The molecule has 0 aliphatic rings. The predicted molar refractivity (Wildman–Crippen MR) is 103 cm³/mol. The lowest BCUT2D eigenvalue weighted by molar-refractivity contribution is 0.845. The largest absolute Gasteiger partial charge is 0.368 e. The first-order valence-corrected chi connectivity index (χ1v) is 8.43. The quantitative estimate of drug-likeness (QED) is 0.577. The van der Waals surface area contributed by atoms with E-state index in [0.29, 0.717) is 17.5 Å². The smallest absolute Gasteiger partial charge is 0.242 e. The van der Waals surface area contributed by atoms with E-state index in [1.165, 1.54) is 0 Å². The van der Waals surface area contributed by atoms with Gasteiger partial charge in [-0.2, -0.15) is 20.2 Å². The van der Waals surface area contributed by atoms with Crippen molar-refractivity contribution < 1.29 is 0 Å². The van der Waals surface area contributed by atoms with Crippen molar-refractivity contribution in [1.82, 2.24) is 24.5 Å². The van der Waals surface area contributed by atoms with E-state index in [9.17, 15) is 0 Å². The van der Waals surface area contributed by atoms with Gasteiger partial charge in [0.05, 0.1) is 22.7 Å². The Morgan fingerprint density at radius 3 is 2.56 bits per heavy atom. The van der Waals surface area contributed by atoms with Crippen molar-refractivity contribution in [2.45, 2.75) is 13.3 Å². The summed E-state index contributed by atoms with van der Waals surface area (Å²) in [6.07, 6.45) is 0.721. The summed E-state index contributed by atoms with van der Waals surface area (Å²) in [5.41, 5.74) is 9.02. The molecule has 2 aromatic carbocycles. The lowest BCUT2D eigenvalue weighted by atomic mass is 10.2. The molecular formula is C19H16N8. The van der Waals surface area contributed by atoms with Crippen LogP contribution >= 0.6 is 0 Å². The van der Waals surface area contributed by atoms with Crippen LogP contribution in [0, 0.1) is 11.3 Å². The van der Waals surface area contributed by atoms with Gasteiger partial charge in [0.15, 0.2) is 0 Å². The molecule has 0 aliphatic carbocycles. The Balaban J connectivity index is 1.78. The van der Waals surface area contributed by atoms with Gasteiger partial charge in [0.1, 0.15) is 5.82 Å². The van der Waals surface area contributed by atoms with Crippen molar-refractivity contribution >= 4 is 28.6 Å². The van der Waals surface area contributed by atoms with Gasteiger partial charge < -0.3 is 11.1 Å².